The number of nitrogens with two attached hydrogens (primary N) is 1. The van der Waals surface area contributed by atoms with Gasteiger partial charge in [0.1, 0.15) is 4.90 Å². The maximum absolute atomic E-state index is 12.7. The number of aliphatic hydroxyl groups excluding tert-OH is 1. The minimum absolute atomic E-state index is 0.00918. The first-order valence-corrected chi connectivity index (χ1v) is 8.45. The van der Waals surface area contributed by atoms with Crippen LogP contribution in [-0.2, 0) is 10.0 Å². The van der Waals surface area contributed by atoms with E-state index in [1.165, 1.54) is 16.6 Å². The molecule has 0 bridgehead atoms. The molecule has 0 amide bonds. The number of aliphatic hydroxyl groups is 1. The quantitative estimate of drug-likeness (QED) is 0.530. The van der Waals surface area contributed by atoms with Crippen LogP contribution in [0.3, 0.4) is 0 Å². The van der Waals surface area contributed by atoms with E-state index in [9.17, 15) is 13.5 Å². The van der Waals surface area contributed by atoms with Crippen LogP contribution < -0.4 is 11.3 Å². The number of piperidine rings is 1. The van der Waals surface area contributed by atoms with Gasteiger partial charge in [0.2, 0.25) is 10.0 Å². The maximum Gasteiger partial charge on any atom is 0.246 e. The lowest BCUT2D eigenvalue weighted by Crippen LogP contribution is -2.41. The second-order valence-corrected chi connectivity index (χ2v) is 7.52. The first kappa shape index (κ1) is 15.6. The number of hydrogen-bond donors (Lipinski definition) is 3. The number of halogens is 1. The molecule has 0 aliphatic carbocycles. The van der Waals surface area contributed by atoms with Gasteiger partial charge >= 0.3 is 0 Å². The van der Waals surface area contributed by atoms with Gasteiger partial charge in [-0.1, -0.05) is 0 Å². The summed E-state index contributed by atoms with van der Waals surface area (Å²) in [6, 6.07) is 1.47. The summed E-state index contributed by atoms with van der Waals surface area (Å²) in [5.74, 6) is 5.42. The Kier molecular flexibility index (Phi) is 4.97. The van der Waals surface area contributed by atoms with Crippen LogP contribution in [0.1, 0.15) is 12.8 Å². The molecule has 2 heterocycles. The number of rotatable bonds is 4. The van der Waals surface area contributed by atoms with E-state index in [-0.39, 0.29) is 23.2 Å². The molecule has 1 atom stereocenters. The Hall–Kier alpha value is -0.740. The summed E-state index contributed by atoms with van der Waals surface area (Å²) in [4.78, 5) is 3.99. The lowest BCUT2D eigenvalue weighted by molar-refractivity contribution is 0.165. The van der Waals surface area contributed by atoms with Crippen molar-refractivity contribution in [1.29, 1.82) is 0 Å². The van der Waals surface area contributed by atoms with Crippen molar-refractivity contribution in [3.63, 3.8) is 0 Å². The number of nitrogens with one attached hydrogen (secondary N) is 1. The molecular formula is C11H17BrN4O3S. The van der Waals surface area contributed by atoms with Gasteiger partial charge in [0, 0.05) is 30.4 Å². The highest BCUT2D eigenvalue weighted by Crippen LogP contribution is 2.28. The molecule has 1 fully saturated rings. The van der Waals surface area contributed by atoms with Crippen LogP contribution in [-0.4, -0.2) is 42.5 Å². The standard InChI is InChI=1S/C11H17BrN4O3S/c12-9-4-10(11(15-13)14-5-9)20(18,19)16-3-1-2-8(6-16)7-17/h4-5,8,17H,1-3,6-7,13H2,(H,14,15). The van der Waals surface area contributed by atoms with Crippen molar-refractivity contribution in [1.82, 2.24) is 9.29 Å². The first-order valence-electron chi connectivity index (χ1n) is 6.22. The molecule has 1 saturated heterocycles. The predicted octanol–water partition coefficient (Wildman–Crippen LogP) is 0.523. The molecule has 1 aromatic rings. The van der Waals surface area contributed by atoms with E-state index in [0.29, 0.717) is 17.6 Å². The topological polar surface area (TPSA) is 109 Å². The van der Waals surface area contributed by atoms with Crippen molar-refractivity contribution in [3.05, 3.63) is 16.7 Å². The summed E-state index contributed by atoms with van der Waals surface area (Å²) in [6.45, 7) is 0.746. The summed E-state index contributed by atoms with van der Waals surface area (Å²) in [5.41, 5.74) is 2.31. The summed E-state index contributed by atoms with van der Waals surface area (Å²) in [6.07, 6.45) is 3.04. The Morgan fingerprint density at radius 1 is 1.60 bits per heavy atom. The first-order chi connectivity index (χ1) is 9.48. The number of pyridine rings is 1. The smallest absolute Gasteiger partial charge is 0.246 e. The lowest BCUT2D eigenvalue weighted by atomic mass is 10.0. The largest absolute Gasteiger partial charge is 0.396 e. The highest BCUT2D eigenvalue weighted by Gasteiger charge is 2.32. The molecule has 112 valence electrons. The van der Waals surface area contributed by atoms with Gasteiger partial charge in [-0.05, 0) is 40.8 Å². The average Bonchev–Trinajstić information content (AvgIpc) is 2.47. The molecule has 0 saturated carbocycles. The van der Waals surface area contributed by atoms with Crippen molar-refractivity contribution in [2.24, 2.45) is 11.8 Å². The second-order valence-electron chi connectivity index (χ2n) is 4.70. The van der Waals surface area contributed by atoms with Crippen molar-refractivity contribution in [3.8, 4) is 0 Å². The summed E-state index contributed by atoms with van der Waals surface area (Å²) >= 11 is 3.21. The summed E-state index contributed by atoms with van der Waals surface area (Å²) < 4.78 is 27.3. The Labute approximate surface area is 126 Å². The fourth-order valence-corrected chi connectivity index (χ4v) is 4.43. The minimum atomic E-state index is -3.68. The highest BCUT2D eigenvalue weighted by atomic mass is 79.9. The fraction of sp³-hybridized carbons (Fsp3) is 0.545. The SMILES string of the molecule is NNc1ncc(Br)cc1S(=O)(=O)N1CCCC(CO)C1. The highest BCUT2D eigenvalue weighted by molar-refractivity contribution is 9.10. The van der Waals surface area contributed by atoms with Gasteiger partial charge in [0.25, 0.3) is 0 Å². The molecule has 1 aliphatic rings. The average molecular weight is 365 g/mol. The Bertz CT molecular complexity index is 581. The maximum atomic E-state index is 12.7. The number of anilines is 1. The van der Waals surface area contributed by atoms with Gasteiger partial charge in [-0.2, -0.15) is 4.31 Å². The summed E-state index contributed by atoms with van der Waals surface area (Å²) in [7, 11) is -3.68. The van der Waals surface area contributed by atoms with Crippen LogP contribution in [0.5, 0.6) is 0 Å². The van der Waals surface area contributed by atoms with Crippen LogP contribution in [0.25, 0.3) is 0 Å². The van der Waals surface area contributed by atoms with Crippen molar-refractivity contribution in [2.45, 2.75) is 17.7 Å². The zero-order valence-electron chi connectivity index (χ0n) is 10.8. The number of nitrogen functional groups attached to an aromatic ring is 1. The van der Waals surface area contributed by atoms with Crippen LogP contribution in [0.2, 0.25) is 0 Å². The summed E-state index contributed by atoms with van der Waals surface area (Å²) in [5, 5.41) is 9.22. The van der Waals surface area contributed by atoms with E-state index in [4.69, 9.17) is 5.84 Å². The molecule has 1 aliphatic heterocycles. The molecule has 1 unspecified atom stereocenters. The molecule has 7 nitrogen and oxygen atoms in total. The van der Waals surface area contributed by atoms with Crippen molar-refractivity contribution in [2.75, 3.05) is 25.1 Å². The van der Waals surface area contributed by atoms with Gasteiger partial charge < -0.3 is 10.5 Å². The molecule has 1 aromatic heterocycles. The monoisotopic (exact) mass is 364 g/mol. The van der Waals surface area contributed by atoms with Crippen LogP contribution >= 0.6 is 15.9 Å². The number of hydrazine groups is 1. The number of aromatic nitrogens is 1. The lowest BCUT2D eigenvalue weighted by Gasteiger charge is -2.31. The number of hydrogen-bond acceptors (Lipinski definition) is 6. The normalized spacial score (nSPS) is 20.9. The van der Waals surface area contributed by atoms with Gasteiger partial charge in [-0.3, -0.25) is 0 Å². The van der Waals surface area contributed by atoms with Crippen LogP contribution in [0, 0.1) is 5.92 Å². The van der Waals surface area contributed by atoms with Crippen LogP contribution in [0.4, 0.5) is 5.82 Å². The molecule has 0 spiro atoms. The van der Waals surface area contributed by atoms with Gasteiger partial charge in [-0.25, -0.2) is 19.2 Å². The van der Waals surface area contributed by atoms with E-state index in [1.54, 1.807) is 0 Å². The molecule has 20 heavy (non-hydrogen) atoms. The Morgan fingerprint density at radius 2 is 2.35 bits per heavy atom. The van der Waals surface area contributed by atoms with Crippen molar-refractivity contribution < 1.29 is 13.5 Å². The van der Waals surface area contributed by atoms with Crippen LogP contribution in [0.15, 0.2) is 21.6 Å². The fourth-order valence-electron chi connectivity index (χ4n) is 2.26. The molecular weight excluding hydrogens is 348 g/mol. The number of nitrogens with zero attached hydrogens (tertiary/aromatic N) is 2. The Balaban J connectivity index is 2.37. The van der Waals surface area contributed by atoms with E-state index in [0.717, 1.165) is 12.8 Å². The third kappa shape index (κ3) is 3.12. The van der Waals surface area contributed by atoms with E-state index in [2.05, 4.69) is 26.3 Å². The van der Waals surface area contributed by atoms with Crippen molar-refractivity contribution >= 4 is 31.8 Å². The predicted molar refractivity (Wildman–Crippen MR) is 78.3 cm³/mol. The third-order valence-corrected chi connectivity index (χ3v) is 5.63. The molecule has 9 heteroatoms. The minimum Gasteiger partial charge on any atom is -0.396 e. The van der Waals surface area contributed by atoms with Gasteiger partial charge in [-0.15, -0.1) is 0 Å². The molecule has 0 radical (unpaired) electrons. The third-order valence-electron chi connectivity index (χ3n) is 3.31. The second kappa shape index (κ2) is 6.35. The zero-order chi connectivity index (χ0) is 14.8. The molecule has 2 rings (SSSR count). The van der Waals surface area contributed by atoms with E-state index >= 15 is 0 Å². The molecule has 0 aromatic carbocycles. The van der Waals surface area contributed by atoms with Gasteiger partial charge in [0.05, 0.1) is 0 Å². The van der Waals surface area contributed by atoms with E-state index < -0.39 is 10.0 Å². The number of sulfonamides is 1. The zero-order valence-corrected chi connectivity index (χ0v) is 13.2. The van der Waals surface area contributed by atoms with E-state index in [1.807, 2.05) is 0 Å². The van der Waals surface area contributed by atoms with Gasteiger partial charge in [0.15, 0.2) is 5.82 Å². The molecule has 4 N–H and O–H groups in total. The Morgan fingerprint density at radius 3 is 3.00 bits per heavy atom.